The third-order valence-corrected chi connectivity index (χ3v) is 6.33. The molecule has 0 atom stereocenters. The Kier molecular flexibility index (Phi) is 5.81. The van der Waals surface area contributed by atoms with E-state index in [0.717, 1.165) is 6.26 Å². The predicted molar refractivity (Wildman–Crippen MR) is 95.9 cm³/mol. The minimum absolute atomic E-state index is 0.0301. The zero-order valence-electron chi connectivity index (χ0n) is 14.3. The molecular weight excluding hydrogens is 380 g/mol. The quantitative estimate of drug-likeness (QED) is 0.739. The summed E-state index contributed by atoms with van der Waals surface area (Å²) >= 11 is 0. The Balaban J connectivity index is 2.22. The lowest BCUT2D eigenvalue weighted by Crippen LogP contribution is -2.25. The lowest BCUT2D eigenvalue weighted by atomic mass is 10.2. The molecule has 26 heavy (non-hydrogen) atoms. The van der Waals surface area contributed by atoms with Crippen molar-refractivity contribution in [2.24, 2.45) is 0 Å². The molecule has 2 rings (SSSR count). The van der Waals surface area contributed by atoms with Gasteiger partial charge in [0, 0.05) is 24.6 Å². The van der Waals surface area contributed by atoms with Gasteiger partial charge in [0.25, 0.3) is 15.9 Å². The summed E-state index contributed by atoms with van der Waals surface area (Å²) in [4.78, 5) is 17.0. The number of rotatable bonds is 6. The van der Waals surface area contributed by atoms with Gasteiger partial charge in [-0.2, -0.15) is 0 Å². The van der Waals surface area contributed by atoms with Crippen molar-refractivity contribution in [2.75, 3.05) is 25.7 Å². The predicted octanol–water partition coefficient (Wildman–Crippen LogP) is 1.52. The van der Waals surface area contributed by atoms with Crippen LogP contribution in [0.4, 0.5) is 5.69 Å². The average Bonchev–Trinajstić information content (AvgIpc) is 2.60. The van der Waals surface area contributed by atoms with Gasteiger partial charge in [0.1, 0.15) is 0 Å². The van der Waals surface area contributed by atoms with Crippen molar-refractivity contribution < 1.29 is 26.5 Å². The van der Waals surface area contributed by atoms with E-state index in [1.54, 1.807) is 6.07 Å². The summed E-state index contributed by atoms with van der Waals surface area (Å²) in [5.41, 5.74) is 0.530. The van der Waals surface area contributed by atoms with E-state index in [4.69, 9.17) is 0 Å². The molecule has 0 bridgehead atoms. The molecule has 2 aromatic rings. The van der Waals surface area contributed by atoms with Gasteiger partial charge in [-0.25, -0.2) is 16.8 Å². The number of sulfonamides is 1. The van der Waals surface area contributed by atoms with E-state index in [-0.39, 0.29) is 15.4 Å². The van der Waals surface area contributed by atoms with E-state index in [0.29, 0.717) is 10.2 Å². The molecule has 1 amide bonds. The molecular formula is C16H18N2O6S2. The number of nitrogens with zero attached hydrogens (tertiary/aromatic N) is 1. The molecule has 0 fully saturated rings. The monoisotopic (exact) mass is 398 g/mol. The summed E-state index contributed by atoms with van der Waals surface area (Å²) in [6.07, 6.45) is 1.07. The van der Waals surface area contributed by atoms with Crippen molar-refractivity contribution in [3.8, 4) is 0 Å². The number of hydrogen-bond donors (Lipinski definition) is 1. The summed E-state index contributed by atoms with van der Waals surface area (Å²) in [5.74, 6) is -0.500. The van der Waals surface area contributed by atoms with Gasteiger partial charge in [0.05, 0.1) is 16.9 Å². The number of sulfone groups is 1. The maximum atomic E-state index is 12.3. The second-order valence-corrected chi connectivity index (χ2v) is 9.33. The first kappa shape index (κ1) is 20.0. The van der Waals surface area contributed by atoms with E-state index in [9.17, 15) is 21.6 Å². The second kappa shape index (κ2) is 7.54. The van der Waals surface area contributed by atoms with Crippen molar-refractivity contribution >= 4 is 31.5 Å². The number of amides is 1. The van der Waals surface area contributed by atoms with E-state index in [1.165, 1.54) is 56.6 Å². The topological polar surface area (TPSA) is 110 Å². The summed E-state index contributed by atoms with van der Waals surface area (Å²) in [6, 6.07) is 11.1. The highest BCUT2D eigenvalue weighted by Gasteiger charge is 2.21. The standard InChI is InChI=1S/C16H18N2O6S2/c1-18(24-2)26(22,23)14-9-7-12(8-10-14)16(19)17-13-5-4-6-15(11-13)25(3,20)21/h4-11H,1-3H3,(H,17,19). The Labute approximate surface area is 152 Å². The molecule has 0 saturated carbocycles. The summed E-state index contributed by atoms with van der Waals surface area (Å²) < 4.78 is 48.1. The molecule has 140 valence electrons. The zero-order valence-corrected chi connectivity index (χ0v) is 16.0. The van der Waals surface area contributed by atoms with Gasteiger partial charge in [0.15, 0.2) is 9.84 Å². The molecule has 0 aliphatic rings. The molecule has 8 nitrogen and oxygen atoms in total. The van der Waals surface area contributed by atoms with Gasteiger partial charge in [-0.15, -0.1) is 0 Å². The number of nitrogens with one attached hydrogen (secondary N) is 1. The highest BCUT2D eigenvalue weighted by Crippen LogP contribution is 2.18. The largest absolute Gasteiger partial charge is 0.322 e. The third-order valence-electron chi connectivity index (χ3n) is 3.53. The fourth-order valence-corrected chi connectivity index (χ4v) is 3.67. The van der Waals surface area contributed by atoms with Gasteiger partial charge in [0.2, 0.25) is 0 Å². The lowest BCUT2D eigenvalue weighted by Gasteiger charge is -2.14. The van der Waals surface area contributed by atoms with Gasteiger partial charge in [-0.3, -0.25) is 9.63 Å². The van der Waals surface area contributed by atoms with Crippen LogP contribution in [-0.4, -0.2) is 47.6 Å². The number of benzene rings is 2. The molecule has 0 aliphatic carbocycles. The Morgan fingerprint density at radius 3 is 2.15 bits per heavy atom. The second-order valence-electron chi connectivity index (χ2n) is 5.38. The number of carbonyl (C=O) groups is 1. The van der Waals surface area contributed by atoms with Crippen LogP contribution in [0.5, 0.6) is 0 Å². The fraction of sp³-hybridized carbons (Fsp3) is 0.188. The highest BCUT2D eigenvalue weighted by molar-refractivity contribution is 7.90. The van der Waals surface area contributed by atoms with Crippen molar-refractivity contribution in [1.82, 2.24) is 4.47 Å². The van der Waals surface area contributed by atoms with E-state index in [2.05, 4.69) is 10.2 Å². The van der Waals surface area contributed by atoms with Gasteiger partial charge in [-0.05, 0) is 42.5 Å². The minimum atomic E-state index is -3.80. The Morgan fingerprint density at radius 1 is 1.00 bits per heavy atom. The van der Waals surface area contributed by atoms with Crippen LogP contribution < -0.4 is 5.32 Å². The molecule has 0 aromatic heterocycles. The van der Waals surface area contributed by atoms with Gasteiger partial charge in [-0.1, -0.05) is 10.5 Å². The van der Waals surface area contributed by atoms with Crippen molar-refractivity contribution in [3.63, 3.8) is 0 Å². The first-order chi connectivity index (χ1) is 12.1. The number of hydroxylamine groups is 1. The van der Waals surface area contributed by atoms with Crippen LogP contribution >= 0.6 is 0 Å². The first-order valence-corrected chi connectivity index (χ1v) is 10.6. The number of hydrogen-bond acceptors (Lipinski definition) is 6. The smallest absolute Gasteiger partial charge is 0.264 e. The van der Waals surface area contributed by atoms with Crippen LogP contribution in [0.2, 0.25) is 0 Å². The van der Waals surface area contributed by atoms with Crippen molar-refractivity contribution in [2.45, 2.75) is 9.79 Å². The van der Waals surface area contributed by atoms with Crippen LogP contribution in [0.15, 0.2) is 58.3 Å². The molecule has 0 saturated heterocycles. The SMILES string of the molecule is CON(C)S(=O)(=O)c1ccc(C(=O)Nc2cccc(S(C)(=O)=O)c2)cc1. The van der Waals surface area contributed by atoms with Crippen molar-refractivity contribution in [1.29, 1.82) is 0 Å². The normalized spacial score (nSPS) is 12.2. The third kappa shape index (κ3) is 4.47. The molecule has 2 aromatic carbocycles. The van der Waals surface area contributed by atoms with Crippen LogP contribution in [-0.2, 0) is 24.7 Å². The van der Waals surface area contributed by atoms with E-state index < -0.39 is 25.8 Å². The average molecular weight is 398 g/mol. The zero-order chi connectivity index (χ0) is 19.5. The molecule has 0 heterocycles. The van der Waals surface area contributed by atoms with E-state index >= 15 is 0 Å². The number of anilines is 1. The summed E-state index contributed by atoms with van der Waals surface area (Å²) in [7, 11) is -4.71. The van der Waals surface area contributed by atoms with Crippen LogP contribution in [0.25, 0.3) is 0 Å². The van der Waals surface area contributed by atoms with Crippen LogP contribution in [0.1, 0.15) is 10.4 Å². The molecule has 0 radical (unpaired) electrons. The molecule has 10 heteroatoms. The van der Waals surface area contributed by atoms with Gasteiger partial charge >= 0.3 is 0 Å². The Hall–Kier alpha value is -2.27. The van der Waals surface area contributed by atoms with Crippen LogP contribution in [0, 0.1) is 0 Å². The Bertz CT molecular complexity index is 1010. The summed E-state index contributed by atoms with van der Waals surface area (Å²) in [5, 5.41) is 2.57. The van der Waals surface area contributed by atoms with Crippen LogP contribution in [0.3, 0.4) is 0 Å². The maximum absolute atomic E-state index is 12.3. The molecule has 1 N–H and O–H groups in total. The fourth-order valence-electron chi connectivity index (χ4n) is 2.03. The first-order valence-electron chi connectivity index (χ1n) is 7.30. The lowest BCUT2D eigenvalue weighted by molar-refractivity contribution is -0.0258. The molecule has 0 spiro atoms. The summed E-state index contributed by atoms with van der Waals surface area (Å²) in [6.45, 7) is 0. The van der Waals surface area contributed by atoms with Crippen molar-refractivity contribution in [3.05, 3.63) is 54.1 Å². The minimum Gasteiger partial charge on any atom is -0.322 e. The molecule has 0 unspecified atom stereocenters. The number of carbonyl (C=O) groups excluding carboxylic acids is 1. The maximum Gasteiger partial charge on any atom is 0.264 e. The Morgan fingerprint density at radius 2 is 1.62 bits per heavy atom. The highest BCUT2D eigenvalue weighted by atomic mass is 32.2. The van der Waals surface area contributed by atoms with Gasteiger partial charge < -0.3 is 5.32 Å². The van der Waals surface area contributed by atoms with E-state index in [1.807, 2.05) is 0 Å². The molecule has 0 aliphatic heterocycles.